The molecular weight excluding hydrogens is 230 g/mol. The Kier molecular flexibility index (Phi) is 3.66. The first-order chi connectivity index (χ1) is 6.25. The molecule has 68 valence electrons. The molecule has 0 heterocycles. The van der Waals surface area contributed by atoms with Gasteiger partial charge < -0.3 is 10.5 Å². The van der Waals surface area contributed by atoms with Crippen LogP contribution in [0.3, 0.4) is 0 Å². The van der Waals surface area contributed by atoms with Crippen molar-refractivity contribution < 1.29 is 4.74 Å². The van der Waals surface area contributed by atoms with Crippen molar-refractivity contribution in [2.24, 2.45) is 0 Å². The largest absolute Gasteiger partial charge is 0.491 e. The van der Waals surface area contributed by atoms with Crippen LogP contribution < -0.4 is 10.5 Å². The molecule has 0 atom stereocenters. The first-order valence-electron chi connectivity index (χ1n) is 3.86. The van der Waals surface area contributed by atoms with E-state index in [0.717, 1.165) is 10.2 Å². The number of nitrogen functional groups attached to an aromatic ring is 1. The summed E-state index contributed by atoms with van der Waals surface area (Å²) in [5.41, 5.74) is 6.32. The van der Waals surface area contributed by atoms with Gasteiger partial charge >= 0.3 is 0 Å². The molecule has 0 aromatic heterocycles. The summed E-state index contributed by atoms with van der Waals surface area (Å²) in [7, 11) is 0. The van der Waals surface area contributed by atoms with Gasteiger partial charge in [0.1, 0.15) is 5.75 Å². The van der Waals surface area contributed by atoms with E-state index in [1.54, 1.807) is 6.07 Å². The molecule has 0 saturated carbocycles. The Hall–Kier alpha value is -1.14. The lowest BCUT2D eigenvalue weighted by Gasteiger charge is -2.07. The maximum absolute atomic E-state index is 5.66. The van der Waals surface area contributed by atoms with Gasteiger partial charge in [-0.05, 0) is 28.1 Å². The zero-order chi connectivity index (χ0) is 9.68. The zero-order valence-corrected chi connectivity index (χ0v) is 8.67. The minimum Gasteiger partial charge on any atom is -0.491 e. The zero-order valence-electron chi connectivity index (χ0n) is 7.09. The monoisotopic (exact) mass is 239 g/mol. The second kappa shape index (κ2) is 4.78. The van der Waals surface area contributed by atoms with Crippen LogP contribution in [-0.4, -0.2) is 6.61 Å². The normalized spacial score (nSPS) is 9.23. The number of terminal acetylenes is 1. The van der Waals surface area contributed by atoms with Crippen LogP contribution in [-0.2, 0) is 0 Å². The Morgan fingerprint density at radius 2 is 2.31 bits per heavy atom. The average molecular weight is 240 g/mol. The summed E-state index contributed by atoms with van der Waals surface area (Å²) in [6.45, 7) is 0.512. The van der Waals surface area contributed by atoms with Crippen LogP contribution >= 0.6 is 15.9 Å². The minimum atomic E-state index is 0.512. The van der Waals surface area contributed by atoms with Crippen LogP contribution in [0.4, 0.5) is 5.69 Å². The molecule has 0 bridgehead atoms. The van der Waals surface area contributed by atoms with Crippen molar-refractivity contribution in [3.63, 3.8) is 0 Å². The first kappa shape index (κ1) is 9.94. The number of hydrogen-bond acceptors (Lipinski definition) is 2. The molecule has 0 aliphatic carbocycles. The molecule has 0 amide bonds. The molecule has 1 aromatic carbocycles. The first-order valence-corrected chi connectivity index (χ1v) is 4.65. The molecule has 1 aromatic rings. The van der Waals surface area contributed by atoms with Gasteiger partial charge in [-0.15, -0.1) is 12.3 Å². The molecular formula is C10H10BrNO. The van der Waals surface area contributed by atoms with E-state index in [4.69, 9.17) is 16.9 Å². The van der Waals surface area contributed by atoms with Gasteiger partial charge in [0.2, 0.25) is 0 Å². The van der Waals surface area contributed by atoms with Crippen molar-refractivity contribution in [3.8, 4) is 18.1 Å². The fourth-order valence-electron chi connectivity index (χ4n) is 0.859. The van der Waals surface area contributed by atoms with E-state index in [-0.39, 0.29) is 0 Å². The maximum Gasteiger partial charge on any atom is 0.135 e. The van der Waals surface area contributed by atoms with Gasteiger partial charge in [-0.3, -0.25) is 0 Å². The average Bonchev–Trinajstić information content (AvgIpc) is 2.13. The van der Waals surface area contributed by atoms with Crippen molar-refractivity contribution in [2.45, 2.75) is 6.42 Å². The topological polar surface area (TPSA) is 35.2 Å². The van der Waals surface area contributed by atoms with E-state index >= 15 is 0 Å². The maximum atomic E-state index is 5.66. The van der Waals surface area contributed by atoms with Crippen molar-refractivity contribution in [1.82, 2.24) is 0 Å². The lowest BCUT2D eigenvalue weighted by molar-refractivity contribution is 0.325. The van der Waals surface area contributed by atoms with Crippen molar-refractivity contribution in [3.05, 3.63) is 22.7 Å². The van der Waals surface area contributed by atoms with E-state index < -0.39 is 0 Å². The molecule has 0 spiro atoms. The summed E-state index contributed by atoms with van der Waals surface area (Å²) in [6, 6.07) is 5.49. The molecule has 13 heavy (non-hydrogen) atoms. The van der Waals surface area contributed by atoms with Crippen molar-refractivity contribution >= 4 is 21.6 Å². The number of ether oxygens (including phenoxy) is 1. The van der Waals surface area contributed by atoms with Crippen molar-refractivity contribution in [1.29, 1.82) is 0 Å². The molecule has 0 aliphatic rings. The predicted octanol–water partition coefficient (Wildman–Crippen LogP) is 2.43. The van der Waals surface area contributed by atoms with Crippen molar-refractivity contribution in [2.75, 3.05) is 12.3 Å². The third kappa shape index (κ3) is 2.67. The van der Waals surface area contributed by atoms with E-state index in [1.807, 2.05) is 12.1 Å². The van der Waals surface area contributed by atoms with E-state index in [0.29, 0.717) is 18.7 Å². The molecule has 0 unspecified atom stereocenters. The van der Waals surface area contributed by atoms with E-state index in [1.165, 1.54) is 0 Å². The Morgan fingerprint density at radius 3 is 3.00 bits per heavy atom. The standard InChI is InChI=1S/C10H10BrNO/c1-2-3-7-13-9-6-4-5-8(12)10(9)11/h1,4-6H,3,7,12H2. The number of nitrogens with two attached hydrogens (primary N) is 1. The van der Waals surface area contributed by atoms with Crippen LogP contribution in [0.2, 0.25) is 0 Å². The fraction of sp³-hybridized carbons (Fsp3) is 0.200. The van der Waals surface area contributed by atoms with Gasteiger partial charge in [-0.1, -0.05) is 6.07 Å². The minimum absolute atomic E-state index is 0.512. The summed E-state index contributed by atoms with van der Waals surface area (Å²) in [5.74, 6) is 3.23. The highest BCUT2D eigenvalue weighted by molar-refractivity contribution is 9.10. The Morgan fingerprint density at radius 1 is 1.54 bits per heavy atom. The molecule has 0 fully saturated rings. The van der Waals surface area contributed by atoms with Crippen LogP contribution in [0.5, 0.6) is 5.75 Å². The van der Waals surface area contributed by atoms with Gasteiger partial charge in [0.05, 0.1) is 11.1 Å². The number of hydrogen-bond donors (Lipinski definition) is 1. The van der Waals surface area contributed by atoms with Crippen LogP contribution in [0.1, 0.15) is 6.42 Å². The second-order valence-electron chi connectivity index (χ2n) is 2.46. The smallest absolute Gasteiger partial charge is 0.135 e. The molecule has 3 heteroatoms. The summed E-state index contributed by atoms with van der Waals surface area (Å²) in [4.78, 5) is 0. The summed E-state index contributed by atoms with van der Waals surface area (Å²) >= 11 is 3.33. The van der Waals surface area contributed by atoms with Gasteiger partial charge in [-0.2, -0.15) is 0 Å². The Labute approximate surface area is 86.2 Å². The van der Waals surface area contributed by atoms with Gasteiger partial charge in [0.25, 0.3) is 0 Å². The van der Waals surface area contributed by atoms with Gasteiger partial charge in [0, 0.05) is 12.1 Å². The number of anilines is 1. The lowest BCUT2D eigenvalue weighted by Crippen LogP contribution is -1.97. The number of rotatable bonds is 3. The summed E-state index contributed by atoms with van der Waals surface area (Å²) in [6.07, 6.45) is 5.69. The Bertz CT molecular complexity index is 330. The third-order valence-electron chi connectivity index (χ3n) is 1.50. The highest BCUT2D eigenvalue weighted by Crippen LogP contribution is 2.30. The summed E-state index contributed by atoms with van der Waals surface area (Å²) in [5, 5.41) is 0. The lowest BCUT2D eigenvalue weighted by atomic mass is 10.3. The highest BCUT2D eigenvalue weighted by Gasteiger charge is 2.02. The van der Waals surface area contributed by atoms with Crippen LogP contribution in [0.15, 0.2) is 22.7 Å². The number of benzene rings is 1. The molecule has 0 radical (unpaired) electrons. The SMILES string of the molecule is C#CCCOc1cccc(N)c1Br. The highest BCUT2D eigenvalue weighted by atomic mass is 79.9. The molecule has 0 saturated heterocycles. The van der Waals surface area contributed by atoms with Crippen LogP contribution in [0, 0.1) is 12.3 Å². The van der Waals surface area contributed by atoms with E-state index in [9.17, 15) is 0 Å². The predicted molar refractivity (Wildman–Crippen MR) is 57.5 cm³/mol. The van der Waals surface area contributed by atoms with Crippen LogP contribution in [0.25, 0.3) is 0 Å². The third-order valence-corrected chi connectivity index (χ3v) is 2.35. The fourth-order valence-corrected chi connectivity index (χ4v) is 1.24. The molecule has 2 nitrogen and oxygen atoms in total. The van der Waals surface area contributed by atoms with Gasteiger partial charge in [-0.25, -0.2) is 0 Å². The summed E-state index contributed by atoms with van der Waals surface area (Å²) < 4.78 is 6.17. The second-order valence-corrected chi connectivity index (χ2v) is 3.25. The molecule has 1 rings (SSSR count). The number of halogens is 1. The van der Waals surface area contributed by atoms with E-state index in [2.05, 4.69) is 21.9 Å². The Balaban J connectivity index is 2.67. The quantitative estimate of drug-likeness (QED) is 0.500. The molecule has 0 aliphatic heterocycles. The molecule has 2 N–H and O–H groups in total. The van der Waals surface area contributed by atoms with Gasteiger partial charge in [0.15, 0.2) is 0 Å².